The van der Waals surface area contributed by atoms with Gasteiger partial charge in [0.05, 0.1) is 5.92 Å². The van der Waals surface area contributed by atoms with E-state index < -0.39 is 0 Å². The molecule has 2 saturated heterocycles. The molecule has 27 heavy (non-hydrogen) atoms. The van der Waals surface area contributed by atoms with Gasteiger partial charge < -0.3 is 15.5 Å². The summed E-state index contributed by atoms with van der Waals surface area (Å²) in [5.41, 5.74) is 2.21. The highest BCUT2D eigenvalue weighted by Gasteiger charge is 2.35. The highest BCUT2D eigenvalue weighted by molar-refractivity contribution is 6.00. The SMILES string of the molecule is CCCCc1ccc(N2CC(C(=O)NCCC3CCNC3)CC2=O)cc1.Cl. The second-order valence-corrected chi connectivity index (χ2v) is 7.61. The number of hydrogen-bond donors (Lipinski definition) is 2. The molecule has 6 heteroatoms. The van der Waals surface area contributed by atoms with Gasteiger partial charge in [-0.05, 0) is 62.4 Å². The monoisotopic (exact) mass is 393 g/mol. The number of carbonyl (C=O) groups excluding carboxylic acids is 2. The van der Waals surface area contributed by atoms with E-state index in [1.54, 1.807) is 4.90 Å². The zero-order valence-electron chi connectivity index (χ0n) is 16.2. The molecule has 0 radical (unpaired) electrons. The summed E-state index contributed by atoms with van der Waals surface area (Å²) in [7, 11) is 0. The Morgan fingerprint density at radius 3 is 2.74 bits per heavy atom. The Labute approximate surface area is 168 Å². The highest BCUT2D eigenvalue weighted by atomic mass is 35.5. The van der Waals surface area contributed by atoms with Crippen LogP contribution in [-0.2, 0) is 16.0 Å². The van der Waals surface area contributed by atoms with Gasteiger partial charge in [0.25, 0.3) is 0 Å². The van der Waals surface area contributed by atoms with Crippen molar-refractivity contribution in [3.8, 4) is 0 Å². The molecular weight excluding hydrogens is 362 g/mol. The summed E-state index contributed by atoms with van der Waals surface area (Å²) in [5.74, 6) is 0.505. The molecule has 2 N–H and O–H groups in total. The van der Waals surface area contributed by atoms with Crippen molar-refractivity contribution in [3.63, 3.8) is 0 Å². The number of halogens is 1. The molecule has 2 fully saturated rings. The fraction of sp³-hybridized carbons (Fsp3) is 0.619. The van der Waals surface area contributed by atoms with Gasteiger partial charge in [-0.25, -0.2) is 0 Å². The lowest BCUT2D eigenvalue weighted by atomic mass is 10.0. The standard InChI is InChI=1S/C21H31N3O2.ClH/c1-2-3-4-16-5-7-19(8-6-16)24-15-18(13-20(24)25)21(26)23-12-10-17-9-11-22-14-17;/h5-8,17-18,22H,2-4,9-15H2,1H3,(H,23,26);1H. The Morgan fingerprint density at radius 1 is 1.30 bits per heavy atom. The molecule has 150 valence electrons. The van der Waals surface area contributed by atoms with Gasteiger partial charge in [-0.15, -0.1) is 12.4 Å². The van der Waals surface area contributed by atoms with Gasteiger partial charge >= 0.3 is 0 Å². The van der Waals surface area contributed by atoms with Gasteiger partial charge in [-0.2, -0.15) is 0 Å². The third kappa shape index (κ3) is 5.94. The molecule has 0 saturated carbocycles. The average Bonchev–Trinajstić information content (AvgIpc) is 3.30. The van der Waals surface area contributed by atoms with E-state index in [1.165, 1.54) is 24.8 Å². The Kier molecular flexibility index (Phi) is 8.58. The average molecular weight is 394 g/mol. The Hall–Kier alpha value is -1.59. The quantitative estimate of drug-likeness (QED) is 0.713. The van der Waals surface area contributed by atoms with Crippen molar-refractivity contribution in [1.82, 2.24) is 10.6 Å². The molecule has 1 aromatic rings. The van der Waals surface area contributed by atoms with Crippen LogP contribution in [0.3, 0.4) is 0 Å². The number of amides is 2. The molecule has 2 aliphatic heterocycles. The normalized spacial score (nSPS) is 22.0. The maximum atomic E-state index is 12.4. The summed E-state index contributed by atoms with van der Waals surface area (Å²) in [5, 5.41) is 6.38. The molecule has 2 heterocycles. The summed E-state index contributed by atoms with van der Waals surface area (Å²) in [6.07, 6.45) is 5.96. The molecule has 2 unspecified atom stereocenters. The van der Waals surface area contributed by atoms with Crippen molar-refractivity contribution in [2.45, 2.75) is 45.4 Å². The summed E-state index contributed by atoms with van der Waals surface area (Å²) < 4.78 is 0. The minimum absolute atomic E-state index is 0. The van der Waals surface area contributed by atoms with Crippen molar-refractivity contribution in [2.75, 3.05) is 31.1 Å². The van der Waals surface area contributed by atoms with E-state index in [0.29, 0.717) is 25.4 Å². The van der Waals surface area contributed by atoms with Crippen molar-refractivity contribution in [1.29, 1.82) is 0 Å². The Bertz CT molecular complexity index is 614. The first kappa shape index (κ1) is 21.7. The van der Waals surface area contributed by atoms with Crippen LogP contribution >= 0.6 is 12.4 Å². The molecule has 1 aromatic carbocycles. The van der Waals surface area contributed by atoms with Crippen LogP contribution in [0.4, 0.5) is 5.69 Å². The molecule has 0 spiro atoms. The molecule has 2 amide bonds. The van der Waals surface area contributed by atoms with Gasteiger partial charge in [0, 0.05) is 25.2 Å². The molecule has 2 aliphatic rings. The fourth-order valence-corrected chi connectivity index (χ4v) is 3.86. The van der Waals surface area contributed by atoms with Crippen LogP contribution in [0, 0.1) is 11.8 Å². The van der Waals surface area contributed by atoms with E-state index >= 15 is 0 Å². The van der Waals surface area contributed by atoms with E-state index in [0.717, 1.165) is 31.6 Å². The number of anilines is 1. The first-order valence-corrected chi connectivity index (χ1v) is 10.0. The van der Waals surface area contributed by atoms with Crippen molar-refractivity contribution in [2.24, 2.45) is 11.8 Å². The molecule has 0 aliphatic carbocycles. The predicted octanol–water partition coefficient (Wildman–Crippen LogP) is 2.92. The predicted molar refractivity (Wildman–Crippen MR) is 111 cm³/mol. The minimum atomic E-state index is -0.232. The molecule has 0 aromatic heterocycles. The Morgan fingerprint density at radius 2 is 2.07 bits per heavy atom. The summed E-state index contributed by atoms with van der Waals surface area (Å²) >= 11 is 0. The van der Waals surface area contributed by atoms with E-state index in [1.807, 2.05) is 12.1 Å². The zero-order valence-corrected chi connectivity index (χ0v) is 17.0. The maximum absolute atomic E-state index is 12.4. The number of nitrogens with zero attached hydrogens (tertiary/aromatic N) is 1. The molecule has 0 bridgehead atoms. The van der Waals surface area contributed by atoms with Gasteiger partial charge in [-0.1, -0.05) is 25.5 Å². The number of aryl methyl sites for hydroxylation is 1. The van der Waals surface area contributed by atoms with Crippen LogP contribution in [0.1, 0.15) is 44.6 Å². The second-order valence-electron chi connectivity index (χ2n) is 7.61. The number of benzene rings is 1. The van der Waals surface area contributed by atoms with Crippen molar-refractivity contribution < 1.29 is 9.59 Å². The zero-order chi connectivity index (χ0) is 18.4. The van der Waals surface area contributed by atoms with Crippen LogP contribution < -0.4 is 15.5 Å². The van der Waals surface area contributed by atoms with E-state index in [2.05, 4.69) is 29.7 Å². The van der Waals surface area contributed by atoms with Crippen molar-refractivity contribution in [3.05, 3.63) is 29.8 Å². The number of rotatable bonds is 8. The van der Waals surface area contributed by atoms with Gasteiger partial charge in [0.2, 0.25) is 11.8 Å². The van der Waals surface area contributed by atoms with Gasteiger partial charge in [0.1, 0.15) is 0 Å². The first-order valence-electron chi connectivity index (χ1n) is 10.0. The summed E-state index contributed by atoms with van der Waals surface area (Å²) in [6, 6.07) is 8.22. The van der Waals surface area contributed by atoms with Gasteiger partial charge in [0.15, 0.2) is 0 Å². The smallest absolute Gasteiger partial charge is 0.227 e. The van der Waals surface area contributed by atoms with Crippen molar-refractivity contribution >= 4 is 29.9 Å². The minimum Gasteiger partial charge on any atom is -0.356 e. The largest absolute Gasteiger partial charge is 0.356 e. The number of hydrogen-bond acceptors (Lipinski definition) is 3. The lowest BCUT2D eigenvalue weighted by Crippen LogP contribution is -2.34. The number of unbranched alkanes of at least 4 members (excludes halogenated alkanes) is 1. The highest BCUT2D eigenvalue weighted by Crippen LogP contribution is 2.26. The van der Waals surface area contributed by atoms with E-state index in [-0.39, 0.29) is 30.1 Å². The summed E-state index contributed by atoms with van der Waals surface area (Å²) in [4.78, 5) is 26.5. The topological polar surface area (TPSA) is 61.4 Å². The number of carbonyl (C=O) groups is 2. The third-order valence-electron chi connectivity index (χ3n) is 5.58. The van der Waals surface area contributed by atoms with Crippen LogP contribution in [-0.4, -0.2) is 38.0 Å². The van der Waals surface area contributed by atoms with Gasteiger partial charge in [-0.3, -0.25) is 9.59 Å². The molecular formula is C21H32ClN3O2. The summed E-state index contributed by atoms with van der Waals surface area (Å²) in [6.45, 7) is 5.53. The number of nitrogens with one attached hydrogen (secondary N) is 2. The molecule has 5 nitrogen and oxygen atoms in total. The van der Waals surface area contributed by atoms with Crippen LogP contribution in [0.15, 0.2) is 24.3 Å². The molecule has 3 rings (SSSR count). The lowest BCUT2D eigenvalue weighted by Gasteiger charge is -2.17. The van der Waals surface area contributed by atoms with E-state index in [4.69, 9.17) is 0 Å². The van der Waals surface area contributed by atoms with Crippen LogP contribution in [0.5, 0.6) is 0 Å². The second kappa shape index (κ2) is 10.7. The Balaban J connectivity index is 0.00000261. The molecule has 2 atom stereocenters. The van der Waals surface area contributed by atoms with Crippen LogP contribution in [0.25, 0.3) is 0 Å². The fourth-order valence-electron chi connectivity index (χ4n) is 3.86. The maximum Gasteiger partial charge on any atom is 0.227 e. The van der Waals surface area contributed by atoms with E-state index in [9.17, 15) is 9.59 Å². The third-order valence-corrected chi connectivity index (χ3v) is 5.58. The first-order chi connectivity index (χ1) is 12.7. The lowest BCUT2D eigenvalue weighted by molar-refractivity contribution is -0.126. The van der Waals surface area contributed by atoms with Crippen LogP contribution in [0.2, 0.25) is 0 Å².